The second-order valence-electron chi connectivity index (χ2n) is 28.8. The Morgan fingerprint density at radius 1 is 0.295 bits per heavy atom. The van der Waals surface area contributed by atoms with Crippen molar-refractivity contribution in [3.63, 3.8) is 0 Å². The van der Waals surface area contributed by atoms with Gasteiger partial charge in [0.2, 0.25) is 0 Å². The summed E-state index contributed by atoms with van der Waals surface area (Å²) in [7, 11) is -9.91. The Labute approximate surface area is 581 Å². The Balaban J connectivity index is 5.22. The molecule has 3 N–H and O–H groups in total. The molecule has 17 nitrogen and oxygen atoms in total. The number of carbonyl (C=O) groups is 4. The van der Waals surface area contributed by atoms with E-state index in [4.69, 9.17) is 37.0 Å². The molecule has 0 heterocycles. The minimum Gasteiger partial charge on any atom is -0.462 e. The van der Waals surface area contributed by atoms with E-state index in [9.17, 15) is 43.2 Å². The quantitative estimate of drug-likeness (QED) is 0.0222. The summed E-state index contributed by atoms with van der Waals surface area (Å²) in [5, 5.41) is 10.6. The Bertz CT molecular complexity index is 1870. The van der Waals surface area contributed by atoms with Gasteiger partial charge in [-0.25, -0.2) is 9.13 Å². The summed E-state index contributed by atoms with van der Waals surface area (Å²) in [4.78, 5) is 72.7. The van der Waals surface area contributed by atoms with Crippen molar-refractivity contribution in [2.75, 3.05) is 39.6 Å². The van der Waals surface area contributed by atoms with E-state index in [2.05, 4.69) is 55.4 Å². The van der Waals surface area contributed by atoms with Gasteiger partial charge in [0.05, 0.1) is 26.4 Å². The van der Waals surface area contributed by atoms with Crippen LogP contribution in [0.1, 0.15) is 383 Å². The van der Waals surface area contributed by atoms with E-state index in [1.807, 2.05) is 0 Å². The molecule has 0 spiro atoms. The van der Waals surface area contributed by atoms with Crippen molar-refractivity contribution in [1.29, 1.82) is 0 Å². The lowest BCUT2D eigenvalue weighted by Gasteiger charge is -2.21. The third-order valence-corrected chi connectivity index (χ3v) is 20.2. The first kappa shape index (κ1) is 93.1. The van der Waals surface area contributed by atoms with Crippen LogP contribution in [-0.2, 0) is 65.4 Å². The molecular formula is C76H148O17P2. The number of aliphatic hydroxyl groups excluding tert-OH is 1. The molecule has 7 atom stereocenters. The lowest BCUT2D eigenvalue weighted by atomic mass is 9.99. The number of unbranched alkanes of at least 4 members (excludes halogenated alkanes) is 37. The average molecular weight is 1400 g/mol. The van der Waals surface area contributed by atoms with Gasteiger partial charge in [-0.15, -0.1) is 0 Å². The van der Waals surface area contributed by atoms with Gasteiger partial charge in [-0.1, -0.05) is 331 Å². The van der Waals surface area contributed by atoms with Crippen LogP contribution in [0, 0.1) is 23.7 Å². The number of ether oxygens (including phenoxy) is 4. The van der Waals surface area contributed by atoms with Crippen molar-refractivity contribution in [3.05, 3.63) is 0 Å². The lowest BCUT2D eigenvalue weighted by molar-refractivity contribution is -0.161. The number of esters is 4. The molecule has 19 heteroatoms. The predicted molar refractivity (Wildman–Crippen MR) is 386 cm³/mol. The molecule has 0 aromatic rings. The van der Waals surface area contributed by atoms with Gasteiger partial charge in [-0.05, 0) is 49.4 Å². The van der Waals surface area contributed by atoms with Crippen LogP contribution in [-0.4, -0.2) is 96.7 Å². The number of rotatable bonds is 73. The summed E-state index contributed by atoms with van der Waals surface area (Å²) < 4.78 is 68.4. The minimum absolute atomic E-state index is 0.102. The molecule has 0 aromatic heterocycles. The minimum atomic E-state index is -4.96. The summed E-state index contributed by atoms with van der Waals surface area (Å²) >= 11 is 0. The summed E-state index contributed by atoms with van der Waals surface area (Å²) in [6.07, 6.45) is 50.2. The molecule has 0 rings (SSSR count). The molecule has 0 saturated carbocycles. The van der Waals surface area contributed by atoms with Gasteiger partial charge in [0, 0.05) is 25.7 Å². The molecule has 0 aliphatic rings. The Kier molecular flexibility index (Phi) is 64.0. The fraction of sp³-hybridized carbons (Fsp3) is 0.947. The molecule has 0 saturated heterocycles. The van der Waals surface area contributed by atoms with E-state index < -0.39 is 97.5 Å². The molecule has 0 fully saturated rings. The highest BCUT2D eigenvalue weighted by Crippen LogP contribution is 2.45. The molecule has 95 heavy (non-hydrogen) atoms. The maximum Gasteiger partial charge on any atom is 0.472 e. The van der Waals surface area contributed by atoms with Crippen LogP contribution < -0.4 is 0 Å². The fourth-order valence-corrected chi connectivity index (χ4v) is 13.1. The number of phosphoric acid groups is 2. The van der Waals surface area contributed by atoms with Gasteiger partial charge >= 0.3 is 39.5 Å². The number of hydrogen-bond donors (Lipinski definition) is 3. The third-order valence-electron chi connectivity index (χ3n) is 18.3. The largest absolute Gasteiger partial charge is 0.472 e. The highest BCUT2D eigenvalue weighted by Gasteiger charge is 2.30. The molecule has 0 radical (unpaired) electrons. The Hall–Kier alpha value is -1.94. The van der Waals surface area contributed by atoms with E-state index in [-0.39, 0.29) is 25.7 Å². The SMILES string of the molecule is CCC(C)CCCCCCCCCCCCCCCCC(=O)O[C@H](COC(=O)CCCCCCCCCCCCCCCCCC(C)C)COP(=O)(O)OC[C@@H](O)COP(=O)(O)OC[C@@H](COC(=O)CCCCCCCCC(C)C)OC(=O)CCCCCCCCC(C)CC. The molecular weight excluding hydrogens is 1250 g/mol. The van der Waals surface area contributed by atoms with E-state index in [1.54, 1.807) is 0 Å². The van der Waals surface area contributed by atoms with Crippen LogP contribution >= 0.6 is 15.6 Å². The highest BCUT2D eigenvalue weighted by atomic mass is 31.2. The number of phosphoric ester groups is 2. The predicted octanol–water partition coefficient (Wildman–Crippen LogP) is 22.0. The fourth-order valence-electron chi connectivity index (χ4n) is 11.5. The van der Waals surface area contributed by atoms with Gasteiger partial charge in [0.15, 0.2) is 12.2 Å². The Morgan fingerprint density at radius 3 is 0.747 bits per heavy atom. The summed E-state index contributed by atoms with van der Waals surface area (Å²) in [6.45, 7) is 14.1. The van der Waals surface area contributed by atoms with E-state index in [1.165, 1.54) is 180 Å². The van der Waals surface area contributed by atoms with E-state index >= 15 is 0 Å². The van der Waals surface area contributed by atoms with Gasteiger partial charge < -0.3 is 33.8 Å². The van der Waals surface area contributed by atoms with Crippen LogP contribution in [0.2, 0.25) is 0 Å². The van der Waals surface area contributed by atoms with Crippen molar-refractivity contribution < 1.29 is 80.2 Å². The van der Waals surface area contributed by atoms with Crippen LogP contribution in [0.15, 0.2) is 0 Å². The van der Waals surface area contributed by atoms with Crippen LogP contribution in [0.25, 0.3) is 0 Å². The van der Waals surface area contributed by atoms with Crippen molar-refractivity contribution in [2.45, 2.75) is 401 Å². The van der Waals surface area contributed by atoms with Crippen LogP contribution in [0.4, 0.5) is 0 Å². The average Bonchev–Trinajstić information content (AvgIpc) is 2.71. The monoisotopic (exact) mass is 1400 g/mol. The first-order valence-corrected chi connectivity index (χ1v) is 42.3. The van der Waals surface area contributed by atoms with Crippen molar-refractivity contribution in [2.24, 2.45) is 23.7 Å². The maximum atomic E-state index is 13.1. The lowest BCUT2D eigenvalue weighted by Crippen LogP contribution is -2.30. The first-order valence-electron chi connectivity index (χ1n) is 39.3. The topological polar surface area (TPSA) is 237 Å². The zero-order chi connectivity index (χ0) is 70.3. The standard InChI is InChI=1S/C76H148O17P2/c1-9-68(7)54-46-38-29-25-21-17-14-15-19-23-27-31-42-50-58-75(80)92-71(62-86-73(78)56-48-40-30-26-22-18-13-11-12-16-20-24-28-36-44-52-66(3)4)64-90-94(82,83)88-60-70(77)61-89-95(84,85)91-65-72(63-87-74(79)57-49-41-34-32-37-45-53-67(5)6)93-76(81)59-51-43-35-33-39-47-55-69(8)10-2/h66-72,77H,9-65H2,1-8H3,(H,82,83)(H,84,85)/t68?,69?,70-,71-,72-/m1/s1. The smallest absolute Gasteiger partial charge is 0.462 e. The first-order chi connectivity index (χ1) is 45.7. The van der Waals surface area contributed by atoms with Gasteiger partial charge in [-0.2, -0.15) is 0 Å². The van der Waals surface area contributed by atoms with Gasteiger partial charge in [0.25, 0.3) is 0 Å². The summed E-state index contributed by atoms with van der Waals surface area (Å²) in [6, 6.07) is 0. The van der Waals surface area contributed by atoms with Crippen LogP contribution in [0.3, 0.4) is 0 Å². The summed E-state index contributed by atoms with van der Waals surface area (Å²) in [5.41, 5.74) is 0. The third kappa shape index (κ3) is 67.6. The van der Waals surface area contributed by atoms with E-state index in [0.29, 0.717) is 31.6 Å². The highest BCUT2D eigenvalue weighted by molar-refractivity contribution is 7.47. The molecule has 0 amide bonds. The normalized spacial score (nSPS) is 14.7. The van der Waals surface area contributed by atoms with Crippen LogP contribution in [0.5, 0.6) is 0 Å². The van der Waals surface area contributed by atoms with Gasteiger partial charge in [0.1, 0.15) is 19.3 Å². The molecule has 4 unspecified atom stereocenters. The second kappa shape index (κ2) is 65.4. The molecule has 0 bridgehead atoms. The van der Waals surface area contributed by atoms with Crippen molar-refractivity contribution in [3.8, 4) is 0 Å². The summed E-state index contributed by atoms with van der Waals surface area (Å²) in [5.74, 6) is 0.926. The van der Waals surface area contributed by atoms with Crippen molar-refractivity contribution >= 4 is 39.5 Å². The molecule has 0 aliphatic heterocycles. The second-order valence-corrected chi connectivity index (χ2v) is 31.7. The number of aliphatic hydroxyl groups is 1. The van der Waals surface area contributed by atoms with Gasteiger partial charge in [-0.3, -0.25) is 37.3 Å². The molecule has 564 valence electrons. The Morgan fingerprint density at radius 2 is 0.505 bits per heavy atom. The molecule has 0 aliphatic carbocycles. The molecule has 0 aromatic carbocycles. The number of hydrogen-bond acceptors (Lipinski definition) is 15. The zero-order valence-electron chi connectivity index (χ0n) is 62.3. The number of carbonyl (C=O) groups excluding carboxylic acids is 4. The zero-order valence-corrected chi connectivity index (χ0v) is 64.1. The maximum absolute atomic E-state index is 13.1. The van der Waals surface area contributed by atoms with Crippen molar-refractivity contribution in [1.82, 2.24) is 0 Å². The van der Waals surface area contributed by atoms with E-state index in [0.717, 1.165) is 114 Å².